The smallest absolute Gasteiger partial charge is 0.142 e. The molecule has 17 heavy (non-hydrogen) atoms. The van der Waals surface area contributed by atoms with E-state index in [1.165, 1.54) is 12.8 Å². The highest BCUT2D eigenvalue weighted by molar-refractivity contribution is 5.76. The van der Waals surface area contributed by atoms with Crippen LogP contribution in [-0.4, -0.2) is 12.1 Å². The van der Waals surface area contributed by atoms with E-state index in [2.05, 4.69) is 20.8 Å². The van der Waals surface area contributed by atoms with Gasteiger partial charge in [-0.1, -0.05) is 32.8 Å². The second kappa shape index (κ2) is 5.16. The van der Waals surface area contributed by atoms with Gasteiger partial charge in [-0.15, -0.1) is 0 Å². The molecule has 0 amide bonds. The minimum atomic E-state index is 0.0728. The van der Waals surface area contributed by atoms with E-state index in [0.29, 0.717) is 6.42 Å². The molecule has 0 N–H and O–H groups in total. The van der Waals surface area contributed by atoms with Gasteiger partial charge in [0.15, 0.2) is 0 Å². The van der Waals surface area contributed by atoms with E-state index >= 15 is 0 Å². The molecule has 0 aromatic rings. The van der Waals surface area contributed by atoms with Crippen molar-refractivity contribution in [3.8, 4) is 0 Å². The maximum absolute atomic E-state index is 11.1. The zero-order valence-corrected chi connectivity index (χ0v) is 11.5. The number of carbonyl (C=O) groups excluding carboxylic acids is 2. The van der Waals surface area contributed by atoms with Crippen LogP contribution >= 0.6 is 0 Å². The minimum absolute atomic E-state index is 0.0728. The van der Waals surface area contributed by atoms with Gasteiger partial charge in [-0.3, -0.25) is 4.79 Å². The molecule has 1 unspecified atom stereocenters. The molecular formula is C15H24O2. The Kier molecular flexibility index (Phi) is 4.29. The monoisotopic (exact) mass is 236 g/mol. The zero-order chi connectivity index (χ0) is 13.1. The molecular weight excluding hydrogens is 212 g/mol. The van der Waals surface area contributed by atoms with Crippen LogP contribution in [0.2, 0.25) is 0 Å². The van der Waals surface area contributed by atoms with Crippen molar-refractivity contribution in [1.82, 2.24) is 0 Å². The summed E-state index contributed by atoms with van der Waals surface area (Å²) in [6.07, 6.45) is 7.36. The van der Waals surface area contributed by atoms with E-state index in [1.807, 2.05) is 0 Å². The average molecular weight is 236 g/mol. The Morgan fingerprint density at radius 1 is 1.18 bits per heavy atom. The highest BCUT2D eigenvalue weighted by atomic mass is 16.1. The predicted octanol–water partition coefficient (Wildman–Crippen LogP) is 3.70. The van der Waals surface area contributed by atoms with Gasteiger partial charge in [-0.05, 0) is 43.1 Å². The third kappa shape index (κ3) is 2.85. The molecule has 1 aliphatic carbocycles. The summed E-state index contributed by atoms with van der Waals surface area (Å²) in [4.78, 5) is 21.9. The van der Waals surface area contributed by atoms with Crippen molar-refractivity contribution >= 4 is 12.1 Å². The summed E-state index contributed by atoms with van der Waals surface area (Å²) >= 11 is 0. The van der Waals surface area contributed by atoms with Crippen molar-refractivity contribution in [3.63, 3.8) is 0 Å². The number of ketones is 1. The fraction of sp³-hybridized carbons (Fsp3) is 0.733. The highest BCUT2D eigenvalue weighted by Gasteiger charge is 2.46. The van der Waals surface area contributed by atoms with Gasteiger partial charge < -0.3 is 4.79 Å². The molecule has 96 valence electrons. The van der Waals surface area contributed by atoms with Gasteiger partial charge in [0.05, 0.1) is 0 Å². The number of carbonyl (C=O) groups is 2. The van der Waals surface area contributed by atoms with Crippen molar-refractivity contribution in [2.45, 2.75) is 59.8 Å². The highest BCUT2D eigenvalue weighted by Crippen LogP contribution is 2.57. The van der Waals surface area contributed by atoms with Crippen molar-refractivity contribution in [2.75, 3.05) is 0 Å². The fourth-order valence-corrected chi connectivity index (χ4v) is 3.03. The molecule has 0 heterocycles. The minimum Gasteiger partial charge on any atom is -0.300 e. The number of hydrogen-bond donors (Lipinski definition) is 0. The number of hydrogen-bond acceptors (Lipinski definition) is 2. The normalized spacial score (nSPS) is 28.1. The topological polar surface area (TPSA) is 34.1 Å². The van der Waals surface area contributed by atoms with Crippen molar-refractivity contribution in [3.05, 3.63) is 11.6 Å². The van der Waals surface area contributed by atoms with Gasteiger partial charge in [-0.25, -0.2) is 0 Å². The molecule has 0 saturated heterocycles. The summed E-state index contributed by atoms with van der Waals surface area (Å²) in [5.74, 6) is 0.196. The molecule has 1 saturated carbocycles. The first-order valence-electron chi connectivity index (χ1n) is 6.48. The van der Waals surface area contributed by atoms with Crippen LogP contribution < -0.4 is 0 Å². The Morgan fingerprint density at radius 2 is 1.82 bits per heavy atom. The van der Waals surface area contributed by atoms with Gasteiger partial charge in [0.2, 0.25) is 0 Å². The summed E-state index contributed by atoms with van der Waals surface area (Å²) in [5, 5.41) is 0. The number of aldehydes is 1. The Hall–Kier alpha value is -0.920. The number of Topliss-reactive ketones (excluding diaryl/α,β-unsaturated/α-hetero) is 1. The lowest BCUT2D eigenvalue weighted by molar-refractivity contribution is -0.117. The van der Waals surface area contributed by atoms with E-state index in [4.69, 9.17) is 0 Å². The van der Waals surface area contributed by atoms with Crippen LogP contribution in [0.5, 0.6) is 0 Å². The lowest BCUT2D eigenvalue weighted by Crippen LogP contribution is -2.32. The fourth-order valence-electron chi connectivity index (χ4n) is 3.03. The van der Waals surface area contributed by atoms with Crippen LogP contribution in [-0.2, 0) is 9.59 Å². The van der Waals surface area contributed by atoms with E-state index in [-0.39, 0.29) is 16.6 Å². The summed E-state index contributed by atoms with van der Waals surface area (Å²) in [7, 11) is 0. The summed E-state index contributed by atoms with van der Waals surface area (Å²) < 4.78 is 0. The lowest BCUT2D eigenvalue weighted by Gasteiger charge is -2.41. The standard InChI is InChI=1S/C15H24O2/c1-12(17)6-7-13(8-11-16)15(4)10-5-9-14(15,2)3/h8,11H,5-7,9-10H2,1-4H3/b13-8+. The van der Waals surface area contributed by atoms with E-state index in [1.54, 1.807) is 13.0 Å². The second-order valence-electron chi connectivity index (χ2n) is 6.10. The molecule has 1 fully saturated rings. The third-order valence-electron chi connectivity index (χ3n) is 4.70. The first-order valence-corrected chi connectivity index (χ1v) is 6.48. The molecule has 2 nitrogen and oxygen atoms in total. The summed E-state index contributed by atoms with van der Waals surface area (Å²) in [6.45, 7) is 8.40. The van der Waals surface area contributed by atoms with Gasteiger partial charge in [0.25, 0.3) is 0 Å². The molecule has 0 aromatic heterocycles. The first kappa shape index (κ1) is 14.1. The van der Waals surface area contributed by atoms with Crippen LogP contribution in [0, 0.1) is 10.8 Å². The number of allylic oxidation sites excluding steroid dienone is 2. The third-order valence-corrected chi connectivity index (χ3v) is 4.70. The predicted molar refractivity (Wildman–Crippen MR) is 69.8 cm³/mol. The Morgan fingerprint density at radius 3 is 2.24 bits per heavy atom. The molecule has 0 aliphatic heterocycles. The zero-order valence-electron chi connectivity index (χ0n) is 11.5. The maximum Gasteiger partial charge on any atom is 0.142 e. The Bertz CT molecular complexity index is 339. The Labute approximate surface area is 104 Å². The molecule has 1 rings (SSSR count). The molecule has 0 bridgehead atoms. The quantitative estimate of drug-likeness (QED) is 0.539. The average Bonchev–Trinajstić information content (AvgIpc) is 2.49. The molecule has 0 spiro atoms. The van der Waals surface area contributed by atoms with Gasteiger partial charge in [-0.2, -0.15) is 0 Å². The first-order chi connectivity index (χ1) is 7.83. The van der Waals surface area contributed by atoms with Gasteiger partial charge >= 0.3 is 0 Å². The second-order valence-corrected chi connectivity index (χ2v) is 6.10. The van der Waals surface area contributed by atoms with Crippen molar-refractivity contribution < 1.29 is 9.59 Å². The van der Waals surface area contributed by atoms with E-state index in [0.717, 1.165) is 24.7 Å². The molecule has 0 radical (unpaired) electrons. The van der Waals surface area contributed by atoms with Crippen LogP contribution in [0.4, 0.5) is 0 Å². The van der Waals surface area contributed by atoms with Crippen LogP contribution in [0.3, 0.4) is 0 Å². The Balaban J connectivity index is 2.94. The van der Waals surface area contributed by atoms with E-state index < -0.39 is 0 Å². The molecule has 2 heteroatoms. The van der Waals surface area contributed by atoms with Crippen LogP contribution in [0.25, 0.3) is 0 Å². The largest absolute Gasteiger partial charge is 0.300 e. The molecule has 1 aliphatic rings. The number of rotatable bonds is 5. The van der Waals surface area contributed by atoms with E-state index in [9.17, 15) is 9.59 Å². The van der Waals surface area contributed by atoms with Gasteiger partial charge in [0.1, 0.15) is 12.1 Å². The van der Waals surface area contributed by atoms with Gasteiger partial charge in [0, 0.05) is 6.42 Å². The molecule has 0 aromatic carbocycles. The van der Waals surface area contributed by atoms with Crippen LogP contribution in [0.1, 0.15) is 59.8 Å². The molecule has 1 atom stereocenters. The summed E-state index contributed by atoms with van der Waals surface area (Å²) in [5.41, 5.74) is 1.45. The summed E-state index contributed by atoms with van der Waals surface area (Å²) in [6, 6.07) is 0. The van der Waals surface area contributed by atoms with Crippen molar-refractivity contribution in [1.29, 1.82) is 0 Å². The lowest BCUT2D eigenvalue weighted by atomic mass is 9.64. The van der Waals surface area contributed by atoms with Crippen molar-refractivity contribution in [2.24, 2.45) is 10.8 Å². The SMILES string of the molecule is CC(=O)CC/C(=C\C=O)C1(C)CCCC1(C)C. The van der Waals surface area contributed by atoms with Crippen LogP contribution in [0.15, 0.2) is 11.6 Å². The maximum atomic E-state index is 11.1.